The Bertz CT molecular complexity index is 177. The second-order valence-electron chi connectivity index (χ2n) is 3.83. The van der Waals surface area contributed by atoms with Crippen LogP contribution in [0, 0.1) is 0 Å². The Hall–Kier alpha value is -0.0200. The third-order valence-corrected chi connectivity index (χ3v) is 3.05. The first-order valence-electron chi connectivity index (χ1n) is 4.31. The Morgan fingerprint density at radius 1 is 1.58 bits per heavy atom. The topological polar surface area (TPSA) is 26.3 Å². The van der Waals surface area contributed by atoms with E-state index in [0.29, 0.717) is 5.25 Å². The van der Waals surface area contributed by atoms with Crippen molar-refractivity contribution in [3.8, 4) is 0 Å². The van der Waals surface area contributed by atoms with Gasteiger partial charge in [0.15, 0.2) is 5.12 Å². The van der Waals surface area contributed by atoms with Crippen molar-refractivity contribution in [1.82, 2.24) is 0 Å². The summed E-state index contributed by atoms with van der Waals surface area (Å²) in [5.41, 5.74) is -0.0363. The zero-order valence-electron chi connectivity index (χ0n) is 7.92. The zero-order chi connectivity index (χ0) is 9.19. The molecule has 0 amide bonds. The summed E-state index contributed by atoms with van der Waals surface area (Å²) in [6.45, 7) is 6.59. The fraction of sp³-hybridized carbons (Fsp3) is 0.889. The fourth-order valence-corrected chi connectivity index (χ4v) is 2.68. The molecule has 0 unspecified atom stereocenters. The van der Waals surface area contributed by atoms with Crippen LogP contribution in [0.5, 0.6) is 0 Å². The van der Waals surface area contributed by atoms with Crippen molar-refractivity contribution < 1.29 is 9.53 Å². The van der Waals surface area contributed by atoms with Gasteiger partial charge in [-0.2, -0.15) is 0 Å². The van der Waals surface area contributed by atoms with Gasteiger partial charge in [-0.1, -0.05) is 11.8 Å². The Labute approximate surface area is 78.1 Å². The molecule has 1 fully saturated rings. The molecule has 1 saturated heterocycles. The number of thioether (sulfide) groups is 1. The molecule has 70 valence electrons. The van der Waals surface area contributed by atoms with Crippen LogP contribution in [0.2, 0.25) is 0 Å². The van der Waals surface area contributed by atoms with Crippen molar-refractivity contribution >= 4 is 16.9 Å². The summed E-state index contributed by atoms with van der Waals surface area (Å²) in [4.78, 5) is 10.8. The molecule has 0 saturated carbocycles. The number of hydrogen-bond donors (Lipinski definition) is 0. The van der Waals surface area contributed by atoms with E-state index in [4.69, 9.17) is 4.74 Å². The first-order chi connectivity index (χ1) is 5.49. The zero-order valence-corrected chi connectivity index (χ0v) is 8.74. The van der Waals surface area contributed by atoms with Crippen LogP contribution in [0.1, 0.15) is 33.6 Å². The highest BCUT2D eigenvalue weighted by Gasteiger charge is 2.29. The highest BCUT2D eigenvalue weighted by Crippen LogP contribution is 2.31. The van der Waals surface area contributed by atoms with E-state index in [1.165, 1.54) is 11.8 Å². The number of carbonyl (C=O) groups is 1. The maximum Gasteiger partial charge on any atom is 0.186 e. The first kappa shape index (κ1) is 10.1. The first-order valence-corrected chi connectivity index (χ1v) is 5.19. The summed E-state index contributed by atoms with van der Waals surface area (Å²) in [6.07, 6.45) is 1.99. The summed E-state index contributed by atoms with van der Waals surface area (Å²) < 4.78 is 5.55. The minimum Gasteiger partial charge on any atom is -0.375 e. The van der Waals surface area contributed by atoms with Crippen molar-refractivity contribution in [2.75, 3.05) is 6.61 Å². The van der Waals surface area contributed by atoms with Crippen LogP contribution in [0.15, 0.2) is 0 Å². The summed E-state index contributed by atoms with van der Waals surface area (Å²) in [5.74, 6) is 0. The van der Waals surface area contributed by atoms with Gasteiger partial charge < -0.3 is 4.74 Å². The third kappa shape index (κ3) is 3.15. The molecule has 0 aromatic carbocycles. The summed E-state index contributed by atoms with van der Waals surface area (Å²) in [6, 6.07) is 0. The molecule has 1 aliphatic heterocycles. The molecule has 1 rings (SSSR count). The molecule has 1 aliphatic rings. The van der Waals surface area contributed by atoms with Crippen LogP contribution in [-0.2, 0) is 9.53 Å². The molecule has 0 aromatic heterocycles. The summed E-state index contributed by atoms with van der Waals surface area (Å²) in [7, 11) is 0. The van der Waals surface area contributed by atoms with Crippen LogP contribution < -0.4 is 0 Å². The standard InChI is InChI=1S/C9H16O2S/c1-7(10)12-8-4-5-11-9(2,3)6-8/h8H,4-6H2,1-3H3/t8-/m0/s1. The molecule has 2 nitrogen and oxygen atoms in total. The van der Waals surface area contributed by atoms with Gasteiger partial charge in [0.25, 0.3) is 0 Å². The van der Waals surface area contributed by atoms with E-state index < -0.39 is 0 Å². The molecular weight excluding hydrogens is 172 g/mol. The van der Waals surface area contributed by atoms with E-state index >= 15 is 0 Å². The lowest BCUT2D eigenvalue weighted by atomic mass is 9.98. The summed E-state index contributed by atoms with van der Waals surface area (Å²) in [5, 5.41) is 0.684. The SMILES string of the molecule is CC(=O)S[C@H]1CCOC(C)(C)C1. The predicted molar refractivity (Wildman–Crippen MR) is 51.3 cm³/mol. The van der Waals surface area contributed by atoms with Crippen LogP contribution in [0.3, 0.4) is 0 Å². The molecule has 0 aromatic rings. The highest BCUT2D eigenvalue weighted by molar-refractivity contribution is 8.14. The molecule has 1 atom stereocenters. The molecule has 0 spiro atoms. The van der Waals surface area contributed by atoms with Gasteiger partial charge in [-0.15, -0.1) is 0 Å². The van der Waals surface area contributed by atoms with E-state index in [0.717, 1.165) is 19.4 Å². The number of hydrogen-bond acceptors (Lipinski definition) is 3. The molecule has 12 heavy (non-hydrogen) atoms. The van der Waals surface area contributed by atoms with Crippen LogP contribution in [0.4, 0.5) is 0 Å². The average molecular weight is 188 g/mol. The predicted octanol–water partition coefficient (Wildman–Crippen LogP) is 2.22. The quantitative estimate of drug-likeness (QED) is 0.631. The molecule has 0 radical (unpaired) electrons. The van der Waals surface area contributed by atoms with Crippen molar-refractivity contribution in [3.05, 3.63) is 0 Å². The Kier molecular flexibility index (Phi) is 3.18. The molecule has 3 heteroatoms. The fourth-order valence-electron chi connectivity index (χ4n) is 1.51. The third-order valence-electron chi connectivity index (χ3n) is 1.98. The molecule has 0 bridgehead atoms. The number of rotatable bonds is 1. The van der Waals surface area contributed by atoms with E-state index in [1.807, 2.05) is 0 Å². The highest BCUT2D eigenvalue weighted by atomic mass is 32.2. The maximum atomic E-state index is 10.8. The largest absolute Gasteiger partial charge is 0.375 e. The van der Waals surface area contributed by atoms with Crippen molar-refractivity contribution in [2.24, 2.45) is 0 Å². The van der Waals surface area contributed by atoms with Crippen molar-refractivity contribution in [3.63, 3.8) is 0 Å². The van der Waals surface area contributed by atoms with Gasteiger partial charge in [-0.05, 0) is 26.7 Å². The van der Waals surface area contributed by atoms with E-state index in [1.54, 1.807) is 6.92 Å². The monoisotopic (exact) mass is 188 g/mol. The van der Waals surface area contributed by atoms with E-state index in [2.05, 4.69) is 13.8 Å². The molecule has 0 aliphatic carbocycles. The van der Waals surface area contributed by atoms with E-state index in [-0.39, 0.29) is 10.7 Å². The van der Waals surface area contributed by atoms with Gasteiger partial charge >= 0.3 is 0 Å². The molecule has 1 heterocycles. The van der Waals surface area contributed by atoms with Crippen molar-refractivity contribution in [1.29, 1.82) is 0 Å². The van der Waals surface area contributed by atoms with Crippen LogP contribution in [-0.4, -0.2) is 22.6 Å². The Balaban J connectivity index is 2.41. The molecule has 0 N–H and O–H groups in total. The van der Waals surface area contributed by atoms with Gasteiger partial charge in [0.1, 0.15) is 0 Å². The van der Waals surface area contributed by atoms with Gasteiger partial charge in [0, 0.05) is 18.8 Å². The number of carbonyl (C=O) groups excluding carboxylic acids is 1. The molecular formula is C9H16O2S. The van der Waals surface area contributed by atoms with Gasteiger partial charge in [-0.25, -0.2) is 0 Å². The Morgan fingerprint density at radius 2 is 2.25 bits per heavy atom. The lowest BCUT2D eigenvalue weighted by molar-refractivity contribution is -0.109. The van der Waals surface area contributed by atoms with Gasteiger partial charge in [-0.3, -0.25) is 4.79 Å². The maximum absolute atomic E-state index is 10.8. The Morgan fingerprint density at radius 3 is 2.75 bits per heavy atom. The second kappa shape index (κ2) is 3.79. The lowest BCUT2D eigenvalue weighted by Crippen LogP contribution is -2.35. The lowest BCUT2D eigenvalue weighted by Gasteiger charge is -2.34. The van der Waals surface area contributed by atoms with Gasteiger partial charge in [0.05, 0.1) is 5.60 Å². The average Bonchev–Trinajstić information content (AvgIpc) is 1.82. The minimum absolute atomic E-state index is 0.0363. The van der Waals surface area contributed by atoms with Gasteiger partial charge in [0.2, 0.25) is 0 Å². The minimum atomic E-state index is -0.0363. The normalized spacial score (nSPS) is 28.4. The van der Waals surface area contributed by atoms with Crippen molar-refractivity contribution in [2.45, 2.75) is 44.5 Å². The van der Waals surface area contributed by atoms with Crippen LogP contribution in [0.25, 0.3) is 0 Å². The van der Waals surface area contributed by atoms with Crippen LogP contribution >= 0.6 is 11.8 Å². The van der Waals surface area contributed by atoms with E-state index in [9.17, 15) is 4.79 Å². The smallest absolute Gasteiger partial charge is 0.186 e. The second-order valence-corrected chi connectivity index (χ2v) is 5.31. The summed E-state index contributed by atoms with van der Waals surface area (Å²) >= 11 is 1.46. The number of ether oxygens (including phenoxy) is 1.